The van der Waals surface area contributed by atoms with Crippen molar-refractivity contribution in [3.8, 4) is 0 Å². The molecule has 282 valence electrons. The van der Waals surface area contributed by atoms with Crippen LogP contribution in [0.5, 0.6) is 0 Å². The third-order valence-corrected chi connectivity index (χ3v) is 14.8. The van der Waals surface area contributed by atoms with Crippen LogP contribution >= 0.6 is 0 Å². The lowest BCUT2D eigenvalue weighted by Crippen LogP contribution is -2.57. The van der Waals surface area contributed by atoms with Crippen LogP contribution in [0, 0.1) is 0 Å². The van der Waals surface area contributed by atoms with Gasteiger partial charge in [0.25, 0.3) is 11.8 Å². The summed E-state index contributed by atoms with van der Waals surface area (Å²) in [7, 11) is -5.94. The lowest BCUT2D eigenvalue weighted by atomic mass is 9.95. The molecule has 0 bridgehead atoms. The number of ether oxygens (including phenoxy) is 1. The van der Waals surface area contributed by atoms with Gasteiger partial charge in [-0.2, -0.15) is 0 Å². The molecule has 2 saturated heterocycles. The van der Waals surface area contributed by atoms with Crippen LogP contribution < -0.4 is 11.0 Å². The van der Waals surface area contributed by atoms with Crippen LogP contribution in [0.15, 0.2) is 58.3 Å². The van der Waals surface area contributed by atoms with Gasteiger partial charge in [-0.15, -0.1) is 0 Å². The number of aryl methyl sites for hydroxylation is 2. The Morgan fingerprint density at radius 2 is 1.04 bits per heavy atom. The number of hydrogen-bond acceptors (Lipinski definition) is 10. The number of sulfone groups is 2. The second-order valence-electron chi connectivity index (χ2n) is 13.0. The molecule has 0 aromatic heterocycles. The fourth-order valence-electron chi connectivity index (χ4n) is 6.40. The maximum Gasteiger partial charge on any atom is 0.265 e. The van der Waals surface area contributed by atoms with Gasteiger partial charge in [-0.1, -0.05) is 71.2 Å². The van der Waals surface area contributed by atoms with Crippen molar-refractivity contribution < 1.29 is 41.6 Å². The van der Waals surface area contributed by atoms with E-state index < -0.39 is 41.0 Å². The van der Waals surface area contributed by atoms with Crippen molar-refractivity contribution in [1.29, 1.82) is 0 Å². The zero-order valence-corrected chi connectivity index (χ0v) is 30.6. The summed E-state index contributed by atoms with van der Waals surface area (Å²) in [5.41, 5.74) is 5.27. The fourth-order valence-corrected chi connectivity index (χ4v) is 10.3. The fraction of sp³-hybridized carbons (Fsp3) is 0.611. The van der Waals surface area contributed by atoms with Gasteiger partial charge in [0, 0.05) is 13.2 Å². The molecule has 4 N–H and O–H groups in total. The number of unbranched alkanes of at least 4 members (excludes halogenated alkanes) is 4. The van der Waals surface area contributed by atoms with E-state index in [2.05, 4.69) is 13.8 Å². The van der Waals surface area contributed by atoms with Crippen LogP contribution in [0.2, 0.25) is 0 Å². The van der Waals surface area contributed by atoms with Crippen molar-refractivity contribution in [1.82, 2.24) is 15.9 Å². The smallest absolute Gasteiger partial charge is 0.265 e. The highest BCUT2D eigenvalue weighted by Gasteiger charge is 2.53. The highest BCUT2D eigenvalue weighted by Crippen LogP contribution is 2.37. The van der Waals surface area contributed by atoms with Crippen LogP contribution in [0.3, 0.4) is 0 Å². The topological polar surface area (TPSA) is 179 Å². The first-order chi connectivity index (χ1) is 23.3. The van der Waals surface area contributed by atoms with Crippen molar-refractivity contribution >= 4 is 31.5 Å². The number of carbonyl (C=O) groups is 2. The summed E-state index contributed by atoms with van der Waals surface area (Å²) in [5.74, 6) is -1.73. The first kappa shape index (κ1) is 43.3. The number of hydroxylamine groups is 2. The molecule has 2 aliphatic rings. The van der Waals surface area contributed by atoms with E-state index in [-0.39, 0.29) is 56.1 Å². The van der Waals surface area contributed by atoms with E-state index in [0.717, 1.165) is 62.5 Å². The van der Waals surface area contributed by atoms with Gasteiger partial charge >= 0.3 is 0 Å². The Balaban J connectivity index is 0.000000340. The average Bonchev–Trinajstić information content (AvgIpc) is 3.12. The molecule has 0 spiro atoms. The van der Waals surface area contributed by atoms with Crippen LogP contribution in [0.25, 0.3) is 0 Å². The minimum Gasteiger partial charge on any atom is -0.381 e. The SMILES string of the molecule is C.CCCCCc1ccc(S(=O)(=O)C2(C(=O)NO)CCN(C)CC2)cc1.CCCCCc1ccc(S(=O)(=O)C2(C(=O)NO)CCOCC2)cc1. The predicted molar refractivity (Wildman–Crippen MR) is 193 cm³/mol. The van der Waals surface area contributed by atoms with Crippen molar-refractivity contribution in [2.45, 2.75) is 118 Å². The normalized spacial score (nSPS) is 17.4. The van der Waals surface area contributed by atoms with E-state index in [4.69, 9.17) is 15.2 Å². The molecule has 2 aromatic carbocycles. The quantitative estimate of drug-likeness (QED) is 0.116. The summed E-state index contributed by atoms with van der Waals surface area (Å²) in [4.78, 5) is 26.7. The minimum absolute atomic E-state index is 0. The van der Waals surface area contributed by atoms with Crippen LogP contribution in [0.1, 0.15) is 96.6 Å². The number of carbonyl (C=O) groups excluding carboxylic acids is 2. The van der Waals surface area contributed by atoms with E-state index in [1.807, 2.05) is 24.1 Å². The molecule has 2 aliphatic heterocycles. The highest BCUT2D eigenvalue weighted by molar-refractivity contribution is 7.94. The zero-order chi connectivity index (χ0) is 36.1. The number of rotatable bonds is 14. The molecule has 12 nitrogen and oxygen atoms in total. The molecule has 14 heteroatoms. The monoisotopic (exact) mass is 739 g/mol. The average molecular weight is 740 g/mol. The van der Waals surface area contributed by atoms with Crippen LogP contribution in [-0.2, 0) is 46.8 Å². The summed E-state index contributed by atoms with van der Waals surface area (Å²) in [6, 6.07) is 13.5. The Bertz CT molecular complexity index is 1570. The number of amides is 2. The molecule has 0 atom stereocenters. The summed E-state index contributed by atoms with van der Waals surface area (Å²) in [6.07, 6.45) is 8.90. The van der Waals surface area contributed by atoms with E-state index in [1.165, 1.54) is 5.48 Å². The Morgan fingerprint density at radius 1 is 0.680 bits per heavy atom. The molecule has 0 unspecified atom stereocenters. The highest BCUT2D eigenvalue weighted by atomic mass is 32.2. The van der Waals surface area contributed by atoms with Gasteiger partial charge in [0.2, 0.25) is 0 Å². The standard InChI is InChI=1S/C18H28N2O4S.C17H25NO5S.CH4/c1-3-4-5-6-15-7-9-16(10-8-15)25(23,24)18(17(21)19-22)11-13-20(2)14-12-18;1-2-3-4-5-14-6-8-15(9-7-14)24(21,22)17(16(19)18-20)10-12-23-13-11-17;/h7-10,22H,3-6,11-14H2,1-2H3,(H,19,21);6-9,20H,2-5,10-13H2,1H3,(H,18,19);1H4. The summed E-state index contributed by atoms with van der Waals surface area (Å²) in [6.45, 7) is 5.59. The van der Waals surface area contributed by atoms with E-state index in [0.29, 0.717) is 13.1 Å². The second-order valence-corrected chi connectivity index (χ2v) is 17.5. The van der Waals surface area contributed by atoms with Gasteiger partial charge in [-0.3, -0.25) is 20.0 Å². The molecule has 4 rings (SSSR count). The lowest BCUT2D eigenvalue weighted by molar-refractivity contribution is -0.134. The molecule has 2 heterocycles. The van der Waals surface area contributed by atoms with Crippen LogP contribution in [0.4, 0.5) is 0 Å². The lowest BCUT2D eigenvalue weighted by Gasteiger charge is -2.38. The van der Waals surface area contributed by atoms with E-state index in [1.54, 1.807) is 41.9 Å². The van der Waals surface area contributed by atoms with Gasteiger partial charge in [0.1, 0.15) is 0 Å². The predicted octanol–water partition coefficient (Wildman–Crippen LogP) is 5.05. The maximum atomic E-state index is 13.2. The number of hydrogen-bond donors (Lipinski definition) is 4. The van der Waals surface area contributed by atoms with E-state index in [9.17, 15) is 26.4 Å². The summed E-state index contributed by atoms with van der Waals surface area (Å²) in [5, 5.41) is 18.1. The Hall–Kier alpha value is -2.88. The zero-order valence-electron chi connectivity index (χ0n) is 28.9. The molecule has 0 saturated carbocycles. The summed E-state index contributed by atoms with van der Waals surface area (Å²) < 4.78 is 54.4. The van der Waals surface area contributed by atoms with Crippen molar-refractivity contribution in [3.05, 3.63) is 59.7 Å². The third-order valence-electron chi connectivity index (χ3n) is 9.76. The van der Waals surface area contributed by atoms with Crippen molar-refractivity contribution in [2.24, 2.45) is 0 Å². The number of benzene rings is 2. The number of nitrogens with one attached hydrogen (secondary N) is 2. The van der Waals surface area contributed by atoms with Crippen molar-refractivity contribution in [2.75, 3.05) is 33.4 Å². The van der Waals surface area contributed by atoms with Gasteiger partial charge in [-0.05, 0) is 107 Å². The largest absolute Gasteiger partial charge is 0.381 e. The van der Waals surface area contributed by atoms with Crippen LogP contribution in [-0.4, -0.2) is 86.8 Å². The molecular weight excluding hydrogens is 683 g/mol. The molecule has 0 aliphatic carbocycles. The molecule has 2 fully saturated rings. The number of nitrogens with zero attached hydrogens (tertiary/aromatic N) is 1. The molecule has 2 aromatic rings. The minimum atomic E-state index is -3.93. The van der Waals surface area contributed by atoms with Gasteiger partial charge in [-0.25, -0.2) is 27.8 Å². The molecule has 50 heavy (non-hydrogen) atoms. The first-order valence-electron chi connectivity index (χ1n) is 17.2. The summed E-state index contributed by atoms with van der Waals surface area (Å²) >= 11 is 0. The molecule has 2 amide bonds. The Morgan fingerprint density at radius 3 is 1.38 bits per heavy atom. The first-order valence-corrected chi connectivity index (χ1v) is 20.1. The second kappa shape index (κ2) is 19.7. The number of piperidine rings is 1. The van der Waals surface area contributed by atoms with Gasteiger partial charge in [0.15, 0.2) is 29.2 Å². The van der Waals surface area contributed by atoms with Gasteiger partial charge in [0.05, 0.1) is 9.79 Å². The molecule has 0 radical (unpaired) electrons. The van der Waals surface area contributed by atoms with Crippen molar-refractivity contribution in [3.63, 3.8) is 0 Å². The maximum absolute atomic E-state index is 13.2. The Labute approximate surface area is 298 Å². The third kappa shape index (κ3) is 9.71. The van der Waals surface area contributed by atoms with Gasteiger partial charge < -0.3 is 9.64 Å². The Kier molecular flexibility index (Phi) is 17.0. The van der Waals surface area contributed by atoms with E-state index >= 15 is 0 Å². The molecular formula is C36H57N3O9S2. The number of likely N-dealkylation sites (tertiary alicyclic amines) is 1.